The molecule has 3 heterocycles. The third-order valence-corrected chi connectivity index (χ3v) is 4.90. The molecule has 126 valence electrons. The maximum atomic E-state index is 13.1. The molecule has 6 nitrogen and oxygen atoms in total. The fraction of sp³-hybridized carbons (Fsp3) is 0.500. The van der Waals surface area contributed by atoms with Crippen LogP contribution in [0.5, 0.6) is 5.75 Å². The summed E-state index contributed by atoms with van der Waals surface area (Å²) in [5.41, 5.74) is 1.90. The minimum atomic E-state index is 0.113. The summed E-state index contributed by atoms with van der Waals surface area (Å²) < 4.78 is 7.55. The first kappa shape index (κ1) is 15.2. The van der Waals surface area contributed by atoms with Crippen LogP contribution >= 0.6 is 0 Å². The van der Waals surface area contributed by atoms with E-state index in [1.807, 2.05) is 34.0 Å². The predicted octanol–water partition coefficient (Wildman–Crippen LogP) is 2.30. The molecule has 0 saturated carbocycles. The van der Waals surface area contributed by atoms with Crippen LogP contribution in [-0.2, 0) is 13.0 Å². The number of aromatic nitrogens is 3. The lowest BCUT2D eigenvalue weighted by molar-refractivity contribution is 0.0583. The normalized spacial score (nSPS) is 23.0. The fourth-order valence-corrected chi connectivity index (χ4v) is 3.72. The van der Waals surface area contributed by atoms with E-state index in [1.54, 1.807) is 6.20 Å². The van der Waals surface area contributed by atoms with Crippen LogP contribution in [-0.4, -0.2) is 44.5 Å². The highest BCUT2D eigenvalue weighted by Gasteiger charge is 2.29. The standard InChI is InChI=1S/C18H22N4O2/c1-13-10-15-11-14(5-6-17(15)24-13)18(23)22-8-3-2-4-16(22)12-21-9-7-19-20-21/h5-7,9,11,13,16H,2-4,8,10,12H2,1H3. The minimum absolute atomic E-state index is 0.113. The van der Waals surface area contributed by atoms with Gasteiger partial charge in [0, 0.05) is 24.7 Å². The summed E-state index contributed by atoms with van der Waals surface area (Å²) in [5, 5.41) is 7.90. The van der Waals surface area contributed by atoms with Crippen molar-refractivity contribution in [2.75, 3.05) is 6.54 Å². The van der Waals surface area contributed by atoms with Gasteiger partial charge < -0.3 is 9.64 Å². The molecular formula is C18H22N4O2. The van der Waals surface area contributed by atoms with Crippen molar-refractivity contribution in [2.24, 2.45) is 0 Å². The van der Waals surface area contributed by atoms with Gasteiger partial charge in [-0.25, -0.2) is 0 Å². The summed E-state index contributed by atoms with van der Waals surface area (Å²) in [6, 6.07) is 6.00. The van der Waals surface area contributed by atoms with E-state index in [2.05, 4.69) is 17.2 Å². The topological polar surface area (TPSA) is 60.2 Å². The van der Waals surface area contributed by atoms with Gasteiger partial charge in [-0.15, -0.1) is 5.10 Å². The molecule has 1 saturated heterocycles. The molecule has 0 bridgehead atoms. The molecule has 2 aromatic rings. The highest BCUT2D eigenvalue weighted by atomic mass is 16.5. The zero-order valence-electron chi connectivity index (χ0n) is 13.9. The second kappa shape index (κ2) is 6.26. The van der Waals surface area contributed by atoms with E-state index < -0.39 is 0 Å². The summed E-state index contributed by atoms with van der Waals surface area (Å²) in [6.07, 6.45) is 7.82. The van der Waals surface area contributed by atoms with Gasteiger partial charge in [0.05, 0.1) is 18.8 Å². The molecule has 0 radical (unpaired) electrons. The van der Waals surface area contributed by atoms with E-state index >= 15 is 0 Å². The molecule has 1 amide bonds. The fourth-order valence-electron chi connectivity index (χ4n) is 3.72. The molecule has 1 aromatic heterocycles. The van der Waals surface area contributed by atoms with Gasteiger partial charge in [-0.3, -0.25) is 9.48 Å². The zero-order chi connectivity index (χ0) is 16.5. The number of nitrogens with zero attached hydrogens (tertiary/aromatic N) is 4. The molecule has 0 spiro atoms. The van der Waals surface area contributed by atoms with Crippen LogP contribution in [0.1, 0.15) is 42.1 Å². The Morgan fingerprint density at radius 1 is 1.38 bits per heavy atom. The summed E-state index contributed by atoms with van der Waals surface area (Å²) in [6.45, 7) is 3.57. The van der Waals surface area contributed by atoms with Crippen molar-refractivity contribution < 1.29 is 9.53 Å². The third-order valence-electron chi connectivity index (χ3n) is 4.90. The van der Waals surface area contributed by atoms with Crippen molar-refractivity contribution in [3.05, 3.63) is 41.7 Å². The monoisotopic (exact) mass is 326 g/mol. The Morgan fingerprint density at radius 3 is 3.12 bits per heavy atom. The molecule has 1 fully saturated rings. The van der Waals surface area contributed by atoms with Crippen molar-refractivity contribution in [2.45, 2.75) is 51.3 Å². The molecule has 2 atom stereocenters. The Balaban J connectivity index is 1.54. The van der Waals surface area contributed by atoms with Gasteiger partial charge in [-0.2, -0.15) is 0 Å². The van der Waals surface area contributed by atoms with Crippen molar-refractivity contribution in [1.82, 2.24) is 19.9 Å². The van der Waals surface area contributed by atoms with E-state index in [-0.39, 0.29) is 18.1 Å². The number of benzene rings is 1. The number of ether oxygens (including phenoxy) is 1. The minimum Gasteiger partial charge on any atom is -0.490 e. The lowest BCUT2D eigenvalue weighted by atomic mass is 9.99. The molecule has 1 aromatic carbocycles. The van der Waals surface area contributed by atoms with E-state index in [1.165, 1.54) is 0 Å². The molecular weight excluding hydrogens is 304 g/mol. The second-order valence-electron chi connectivity index (χ2n) is 6.73. The van der Waals surface area contributed by atoms with Gasteiger partial charge in [0.25, 0.3) is 5.91 Å². The summed E-state index contributed by atoms with van der Waals surface area (Å²) >= 11 is 0. The van der Waals surface area contributed by atoms with Crippen LogP contribution in [0, 0.1) is 0 Å². The van der Waals surface area contributed by atoms with Crippen molar-refractivity contribution in [3.8, 4) is 5.75 Å². The first-order valence-electron chi connectivity index (χ1n) is 8.65. The number of rotatable bonds is 3. The lowest BCUT2D eigenvalue weighted by Gasteiger charge is -2.35. The molecule has 2 aliphatic rings. The predicted molar refractivity (Wildman–Crippen MR) is 88.9 cm³/mol. The summed E-state index contributed by atoms with van der Waals surface area (Å²) in [7, 11) is 0. The van der Waals surface area contributed by atoms with E-state index in [0.29, 0.717) is 6.54 Å². The van der Waals surface area contributed by atoms with Crippen LogP contribution in [0.3, 0.4) is 0 Å². The quantitative estimate of drug-likeness (QED) is 0.868. The Labute approximate surface area is 141 Å². The largest absolute Gasteiger partial charge is 0.490 e. The molecule has 2 unspecified atom stereocenters. The molecule has 24 heavy (non-hydrogen) atoms. The van der Waals surface area contributed by atoms with Gasteiger partial charge in [0.2, 0.25) is 0 Å². The van der Waals surface area contributed by atoms with Gasteiger partial charge in [0.15, 0.2) is 0 Å². The highest BCUT2D eigenvalue weighted by Crippen LogP contribution is 2.30. The van der Waals surface area contributed by atoms with Crippen molar-refractivity contribution in [3.63, 3.8) is 0 Å². The van der Waals surface area contributed by atoms with Gasteiger partial charge >= 0.3 is 0 Å². The SMILES string of the molecule is CC1Cc2cc(C(=O)N3CCCCC3Cn3ccnn3)ccc2O1. The maximum absolute atomic E-state index is 13.1. The first-order valence-corrected chi connectivity index (χ1v) is 8.65. The third kappa shape index (κ3) is 2.88. The van der Waals surface area contributed by atoms with Crippen LogP contribution in [0.25, 0.3) is 0 Å². The maximum Gasteiger partial charge on any atom is 0.254 e. The first-order chi connectivity index (χ1) is 11.7. The average Bonchev–Trinajstić information content (AvgIpc) is 3.22. The molecule has 2 aliphatic heterocycles. The molecule has 0 N–H and O–H groups in total. The molecule has 0 aliphatic carbocycles. The van der Waals surface area contributed by atoms with Crippen molar-refractivity contribution in [1.29, 1.82) is 0 Å². The van der Waals surface area contributed by atoms with Crippen LogP contribution in [0.4, 0.5) is 0 Å². The number of carbonyl (C=O) groups is 1. The number of hydrogen-bond acceptors (Lipinski definition) is 4. The lowest BCUT2D eigenvalue weighted by Crippen LogP contribution is -2.46. The summed E-state index contributed by atoms with van der Waals surface area (Å²) in [4.78, 5) is 15.1. The second-order valence-corrected chi connectivity index (χ2v) is 6.73. The van der Waals surface area contributed by atoms with Gasteiger partial charge in [0.1, 0.15) is 11.9 Å². The Hall–Kier alpha value is -2.37. The van der Waals surface area contributed by atoms with Crippen LogP contribution < -0.4 is 4.74 Å². The van der Waals surface area contributed by atoms with E-state index in [0.717, 1.165) is 49.1 Å². The number of piperidine rings is 1. The summed E-state index contributed by atoms with van der Waals surface area (Å²) in [5.74, 6) is 1.03. The molecule has 4 rings (SSSR count). The van der Waals surface area contributed by atoms with E-state index in [9.17, 15) is 4.79 Å². The van der Waals surface area contributed by atoms with Crippen LogP contribution in [0.15, 0.2) is 30.6 Å². The van der Waals surface area contributed by atoms with E-state index in [4.69, 9.17) is 4.74 Å². The smallest absolute Gasteiger partial charge is 0.254 e. The van der Waals surface area contributed by atoms with Crippen molar-refractivity contribution >= 4 is 5.91 Å². The Kier molecular flexibility index (Phi) is 3.96. The van der Waals surface area contributed by atoms with Gasteiger partial charge in [-0.05, 0) is 49.9 Å². The number of likely N-dealkylation sites (tertiary alicyclic amines) is 1. The zero-order valence-corrected chi connectivity index (χ0v) is 13.9. The number of carbonyl (C=O) groups excluding carboxylic acids is 1. The number of hydrogen-bond donors (Lipinski definition) is 0. The number of amides is 1. The van der Waals surface area contributed by atoms with Crippen LogP contribution in [0.2, 0.25) is 0 Å². The molecule has 6 heteroatoms. The Bertz CT molecular complexity index is 729. The highest BCUT2D eigenvalue weighted by molar-refractivity contribution is 5.95. The number of fused-ring (bicyclic) bond motifs is 1. The van der Waals surface area contributed by atoms with Gasteiger partial charge in [-0.1, -0.05) is 5.21 Å². The average molecular weight is 326 g/mol. The Morgan fingerprint density at radius 2 is 2.29 bits per heavy atom.